The molecule has 0 spiro atoms. The molecule has 2 aromatic rings. The summed E-state index contributed by atoms with van der Waals surface area (Å²) in [6, 6.07) is 2.95. The third kappa shape index (κ3) is 2.97. The zero-order valence-electron chi connectivity index (χ0n) is 10.1. The topological polar surface area (TPSA) is 79.5 Å². The summed E-state index contributed by atoms with van der Waals surface area (Å²) in [6.45, 7) is 0.480. The molecular weight excluding hydrogens is 286 g/mol. The van der Waals surface area contributed by atoms with Crippen LogP contribution in [0, 0.1) is 0 Å². The first-order valence-corrected chi connectivity index (χ1v) is 6.71. The Kier molecular flexibility index (Phi) is 3.92. The Hall–Kier alpha value is -1.79. The summed E-state index contributed by atoms with van der Waals surface area (Å²) >= 11 is 7.60. The zero-order valence-corrected chi connectivity index (χ0v) is 11.7. The number of nitrogen functional groups attached to an aromatic ring is 1. The predicted molar refractivity (Wildman–Crippen MR) is 77.0 cm³/mol. The fraction of sp³-hybridized carbons (Fsp3) is 0.167. The number of rotatable bonds is 4. The summed E-state index contributed by atoms with van der Waals surface area (Å²) in [6.07, 6.45) is 0. The van der Waals surface area contributed by atoms with E-state index in [1.807, 2.05) is 5.38 Å². The van der Waals surface area contributed by atoms with Gasteiger partial charge in [-0.15, -0.1) is 11.3 Å². The van der Waals surface area contributed by atoms with E-state index in [0.29, 0.717) is 22.9 Å². The van der Waals surface area contributed by atoms with Crippen molar-refractivity contribution in [1.82, 2.24) is 4.98 Å². The Morgan fingerprint density at radius 1 is 1.58 bits per heavy atom. The predicted octanol–water partition coefficient (Wildman–Crippen LogP) is 2.71. The molecule has 0 aliphatic heterocycles. The Bertz CT molecular complexity index is 601. The van der Waals surface area contributed by atoms with Gasteiger partial charge in [-0.25, -0.2) is 9.78 Å². The molecule has 1 heterocycles. The van der Waals surface area contributed by atoms with E-state index in [9.17, 15) is 9.90 Å². The molecule has 0 aliphatic rings. The molecule has 1 aromatic carbocycles. The maximum Gasteiger partial charge on any atom is 0.337 e. The van der Waals surface area contributed by atoms with Crippen molar-refractivity contribution in [2.75, 3.05) is 17.7 Å². The van der Waals surface area contributed by atoms with Gasteiger partial charge in [0.05, 0.1) is 34.0 Å². The number of carboxylic acids is 1. The lowest BCUT2D eigenvalue weighted by Gasteiger charge is -2.22. The van der Waals surface area contributed by atoms with E-state index in [-0.39, 0.29) is 5.56 Å². The van der Waals surface area contributed by atoms with Gasteiger partial charge in [0.1, 0.15) is 0 Å². The second-order valence-electron chi connectivity index (χ2n) is 4.04. The van der Waals surface area contributed by atoms with Gasteiger partial charge in [-0.1, -0.05) is 11.6 Å². The van der Waals surface area contributed by atoms with Crippen molar-refractivity contribution in [3.8, 4) is 0 Å². The third-order valence-corrected chi connectivity index (χ3v) is 3.50. The number of carbonyl (C=O) groups is 1. The van der Waals surface area contributed by atoms with E-state index in [2.05, 4.69) is 4.98 Å². The van der Waals surface area contributed by atoms with E-state index in [4.69, 9.17) is 17.3 Å². The van der Waals surface area contributed by atoms with E-state index in [1.165, 1.54) is 17.4 Å². The van der Waals surface area contributed by atoms with Crippen LogP contribution < -0.4 is 10.6 Å². The van der Waals surface area contributed by atoms with Crippen molar-refractivity contribution < 1.29 is 9.90 Å². The molecule has 19 heavy (non-hydrogen) atoms. The van der Waals surface area contributed by atoms with Crippen molar-refractivity contribution in [2.45, 2.75) is 6.54 Å². The number of carboxylic acid groups (broad SMARTS) is 1. The third-order valence-electron chi connectivity index (χ3n) is 2.58. The second kappa shape index (κ2) is 5.46. The van der Waals surface area contributed by atoms with Gasteiger partial charge < -0.3 is 15.7 Å². The highest BCUT2D eigenvalue weighted by Gasteiger charge is 2.18. The number of benzene rings is 1. The Morgan fingerprint density at radius 3 is 2.89 bits per heavy atom. The molecule has 100 valence electrons. The van der Waals surface area contributed by atoms with Gasteiger partial charge in [0.25, 0.3) is 0 Å². The lowest BCUT2D eigenvalue weighted by Crippen LogP contribution is -2.20. The molecule has 7 heteroatoms. The Morgan fingerprint density at radius 2 is 2.32 bits per heavy atom. The first-order valence-electron chi connectivity index (χ1n) is 5.39. The van der Waals surface area contributed by atoms with Crippen LogP contribution in [-0.4, -0.2) is 23.1 Å². The SMILES string of the molecule is CN(Cc1cscn1)c1c(Cl)cc(N)cc1C(=O)O. The number of aromatic nitrogens is 1. The Balaban J connectivity index is 2.40. The van der Waals surface area contributed by atoms with Gasteiger partial charge >= 0.3 is 5.97 Å². The standard InChI is InChI=1S/C12H12ClN3O2S/c1-16(4-8-5-19-6-15-8)11-9(12(17)18)2-7(14)3-10(11)13/h2-3,5-6H,4,14H2,1H3,(H,17,18). The Labute approximate surface area is 119 Å². The molecule has 5 nitrogen and oxygen atoms in total. The van der Waals surface area contributed by atoms with Crippen molar-refractivity contribution in [2.24, 2.45) is 0 Å². The number of hydrogen-bond acceptors (Lipinski definition) is 5. The van der Waals surface area contributed by atoms with E-state index in [0.717, 1.165) is 5.69 Å². The summed E-state index contributed by atoms with van der Waals surface area (Å²) < 4.78 is 0. The van der Waals surface area contributed by atoms with Crippen LogP contribution in [0.4, 0.5) is 11.4 Å². The number of hydrogen-bond donors (Lipinski definition) is 2. The second-order valence-corrected chi connectivity index (χ2v) is 5.17. The summed E-state index contributed by atoms with van der Waals surface area (Å²) in [5, 5.41) is 11.5. The normalized spacial score (nSPS) is 10.4. The van der Waals surface area contributed by atoms with Gasteiger partial charge in [0.15, 0.2) is 0 Å². The van der Waals surface area contributed by atoms with Crippen molar-refractivity contribution in [3.63, 3.8) is 0 Å². The van der Waals surface area contributed by atoms with Crippen molar-refractivity contribution in [1.29, 1.82) is 0 Å². The summed E-state index contributed by atoms with van der Waals surface area (Å²) in [7, 11) is 1.77. The fourth-order valence-electron chi connectivity index (χ4n) is 1.81. The number of thiazole rings is 1. The summed E-state index contributed by atoms with van der Waals surface area (Å²) in [5.74, 6) is -1.06. The number of anilines is 2. The molecule has 0 atom stereocenters. The van der Waals surface area contributed by atoms with E-state index >= 15 is 0 Å². The lowest BCUT2D eigenvalue weighted by molar-refractivity contribution is 0.0697. The number of nitrogens with two attached hydrogens (primary N) is 1. The smallest absolute Gasteiger partial charge is 0.337 e. The van der Waals surface area contributed by atoms with Gasteiger partial charge in [-0.3, -0.25) is 0 Å². The molecular formula is C12H12ClN3O2S. The molecule has 3 N–H and O–H groups in total. The first-order chi connectivity index (χ1) is 8.99. The highest BCUT2D eigenvalue weighted by molar-refractivity contribution is 7.07. The minimum absolute atomic E-state index is 0.0859. The molecule has 0 unspecified atom stereocenters. The number of aromatic carboxylic acids is 1. The van der Waals surface area contributed by atoms with Crippen LogP contribution in [0.25, 0.3) is 0 Å². The number of nitrogens with zero attached hydrogens (tertiary/aromatic N) is 2. The molecule has 0 aliphatic carbocycles. The summed E-state index contributed by atoms with van der Waals surface area (Å²) in [4.78, 5) is 17.2. The van der Waals surface area contributed by atoms with Crippen LogP contribution in [0.2, 0.25) is 5.02 Å². The first kappa shape index (κ1) is 13.6. The zero-order chi connectivity index (χ0) is 14.0. The van der Waals surface area contributed by atoms with Crippen LogP contribution in [0.1, 0.15) is 16.1 Å². The van der Waals surface area contributed by atoms with Crippen LogP contribution in [0.3, 0.4) is 0 Å². The van der Waals surface area contributed by atoms with Gasteiger partial charge in [-0.2, -0.15) is 0 Å². The van der Waals surface area contributed by atoms with Gasteiger partial charge in [0, 0.05) is 18.1 Å². The highest BCUT2D eigenvalue weighted by Crippen LogP contribution is 2.32. The molecule has 1 aromatic heterocycles. The monoisotopic (exact) mass is 297 g/mol. The summed E-state index contributed by atoms with van der Waals surface area (Å²) in [5.41, 5.74) is 9.07. The van der Waals surface area contributed by atoms with Gasteiger partial charge in [-0.05, 0) is 12.1 Å². The maximum absolute atomic E-state index is 11.3. The van der Waals surface area contributed by atoms with Crippen LogP contribution in [0.15, 0.2) is 23.0 Å². The van der Waals surface area contributed by atoms with Crippen molar-refractivity contribution in [3.05, 3.63) is 39.3 Å². The quantitative estimate of drug-likeness (QED) is 0.848. The van der Waals surface area contributed by atoms with E-state index in [1.54, 1.807) is 23.5 Å². The van der Waals surface area contributed by atoms with Crippen molar-refractivity contribution >= 4 is 40.3 Å². The van der Waals surface area contributed by atoms with Crippen LogP contribution in [0.5, 0.6) is 0 Å². The van der Waals surface area contributed by atoms with Crippen LogP contribution in [-0.2, 0) is 6.54 Å². The molecule has 2 rings (SSSR count). The average molecular weight is 298 g/mol. The molecule has 0 fully saturated rings. The van der Waals surface area contributed by atoms with Gasteiger partial charge in [0.2, 0.25) is 0 Å². The number of halogens is 1. The molecule has 0 saturated carbocycles. The minimum atomic E-state index is -1.06. The maximum atomic E-state index is 11.3. The fourth-order valence-corrected chi connectivity index (χ4v) is 2.73. The molecule has 0 bridgehead atoms. The largest absolute Gasteiger partial charge is 0.478 e. The lowest BCUT2D eigenvalue weighted by atomic mass is 10.1. The molecule has 0 amide bonds. The van der Waals surface area contributed by atoms with Crippen LogP contribution >= 0.6 is 22.9 Å². The molecule has 0 saturated heterocycles. The minimum Gasteiger partial charge on any atom is -0.478 e. The van der Waals surface area contributed by atoms with E-state index < -0.39 is 5.97 Å². The molecule has 0 radical (unpaired) electrons. The highest BCUT2D eigenvalue weighted by atomic mass is 35.5. The average Bonchev–Trinajstić information content (AvgIpc) is 2.80.